The number of amides is 1. The van der Waals surface area contributed by atoms with Crippen LogP contribution < -0.4 is 4.74 Å². The Morgan fingerprint density at radius 1 is 1.22 bits per heavy atom. The highest BCUT2D eigenvalue weighted by atomic mass is 19.3. The number of benzene rings is 2. The maximum absolute atomic E-state index is 13.3. The van der Waals surface area contributed by atoms with Gasteiger partial charge in [0.1, 0.15) is 17.9 Å². The van der Waals surface area contributed by atoms with Crippen molar-refractivity contribution < 1.29 is 22.7 Å². The molecule has 1 saturated heterocycles. The average Bonchev–Trinajstić information content (AvgIpc) is 3.50. The average molecular weight is 504 g/mol. The van der Waals surface area contributed by atoms with E-state index >= 15 is 0 Å². The van der Waals surface area contributed by atoms with Crippen molar-refractivity contribution in [3.63, 3.8) is 0 Å². The molecular weight excluding hydrogens is 480 g/mol. The van der Waals surface area contributed by atoms with Gasteiger partial charge in [0.15, 0.2) is 0 Å². The summed E-state index contributed by atoms with van der Waals surface area (Å²) in [4.78, 5) is 16.5. The topological polar surface area (TPSA) is 87.5 Å². The summed E-state index contributed by atoms with van der Waals surface area (Å²) >= 11 is 0. The van der Waals surface area contributed by atoms with Crippen molar-refractivity contribution in [3.05, 3.63) is 60.1 Å². The molecule has 2 aliphatic heterocycles. The van der Waals surface area contributed by atoms with Crippen LogP contribution in [0, 0.1) is 11.3 Å². The lowest BCUT2D eigenvalue weighted by molar-refractivity contribution is -0.0503. The van der Waals surface area contributed by atoms with Crippen LogP contribution in [-0.2, 0) is 6.42 Å². The molecule has 37 heavy (non-hydrogen) atoms. The molecule has 4 heterocycles. The number of nitriles is 1. The quantitative estimate of drug-likeness (QED) is 0.358. The number of hydrogen-bond donors (Lipinski definition) is 0. The fraction of sp³-hybridized carbons (Fsp3) is 0.296. The molecule has 0 aliphatic carbocycles. The van der Waals surface area contributed by atoms with Crippen LogP contribution in [0.4, 0.5) is 8.78 Å². The standard InChI is InChI=1S/C27H23F2N5O3/c1-32-13-20(14-32)34-12-19(11-31-34)16-2-3-21-22(15-36-23(21)9-16)18-8-17-4-6-33(7-5-30)26(35)25(17)24(10-18)37-27(28)29/h2-3,8-12,15,20,27H,4,6-7,13-14H2,1H3. The van der Waals surface area contributed by atoms with Gasteiger partial charge < -0.3 is 19.0 Å². The first kappa shape index (κ1) is 23.2. The number of likely N-dealkylation sites (tertiary alicyclic amines) is 1. The number of carbonyl (C=O) groups excluding carboxylic acids is 1. The molecule has 1 amide bonds. The van der Waals surface area contributed by atoms with Gasteiger partial charge in [-0.15, -0.1) is 0 Å². The summed E-state index contributed by atoms with van der Waals surface area (Å²) < 4.78 is 39.2. The van der Waals surface area contributed by atoms with Gasteiger partial charge in [0.2, 0.25) is 0 Å². The number of likely N-dealkylation sites (N-methyl/N-ethyl adjacent to an activating group) is 1. The molecule has 4 aromatic rings. The number of fused-ring (bicyclic) bond motifs is 2. The Morgan fingerprint density at radius 2 is 2.05 bits per heavy atom. The zero-order chi connectivity index (χ0) is 25.7. The molecule has 0 unspecified atom stereocenters. The molecule has 0 N–H and O–H groups in total. The largest absolute Gasteiger partial charge is 0.464 e. The van der Waals surface area contributed by atoms with E-state index in [0.29, 0.717) is 41.3 Å². The highest BCUT2D eigenvalue weighted by Crippen LogP contribution is 2.39. The minimum Gasteiger partial charge on any atom is -0.464 e. The Kier molecular flexibility index (Phi) is 5.65. The smallest absolute Gasteiger partial charge is 0.387 e. The summed E-state index contributed by atoms with van der Waals surface area (Å²) in [5.74, 6) is -0.684. The van der Waals surface area contributed by atoms with Gasteiger partial charge in [0, 0.05) is 42.3 Å². The maximum Gasteiger partial charge on any atom is 0.387 e. The van der Waals surface area contributed by atoms with Gasteiger partial charge in [-0.2, -0.15) is 19.1 Å². The summed E-state index contributed by atoms with van der Waals surface area (Å²) in [5, 5.41) is 14.3. The number of furan rings is 1. The van der Waals surface area contributed by atoms with Crippen molar-refractivity contribution in [2.24, 2.45) is 0 Å². The molecule has 1 fully saturated rings. The van der Waals surface area contributed by atoms with Gasteiger partial charge in [-0.25, -0.2) is 0 Å². The molecular formula is C27H23F2N5O3. The second kappa shape index (κ2) is 9.01. The Bertz CT molecular complexity index is 1550. The number of hydrogen-bond acceptors (Lipinski definition) is 6. The van der Waals surface area contributed by atoms with E-state index in [1.165, 1.54) is 11.0 Å². The molecule has 10 heteroatoms. The molecule has 2 aliphatic rings. The lowest BCUT2D eigenvalue weighted by atomic mass is 9.92. The molecule has 6 rings (SSSR count). The third kappa shape index (κ3) is 4.11. The summed E-state index contributed by atoms with van der Waals surface area (Å²) in [5.41, 5.74) is 4.60. The Balaban J connectivity index is 1.36. The van der Waals surface area contributed by atoms with Crippen molar-refractivity contribution in [1.82, 2.24) is 19.6 Å². The molecule has 0 radical (unpaired) electrons. The van der Waals surface area contributed by atoms with Crippen LogP contribution in [0.15, 0.2) is 53.4 Å². The third-order valence-corrected chi connectivity index (χ3v) is 7.05. The highest BCUT2D eigenvalue weighted by Gasteiger charge is 2.30. The van der Waals surface area contributed by atoms with Crippen LogP contribution in [0.3, 0.4) is 0 Å². The zero-order valence-electron chi connectivity index (χ0n) is 20.0. The van der Waals surface area contributed by atoms with Crippen LogP contribution in [0.25, 0.3) is 33.2 Å². The van der Waals surface area contributed by atoms with Crippen molar-refractivity contribution in [1.29, 1.82) is 5.26 Å². The van der Waals surface area contributed by atoms with Crippen LogP contribution in [0.1, 0.15) is 22.0 Å². The zero-order valence-corrected chi connectivity index (χ0v) is 20.0. The van der Waals surface area contributed by atoms with Crippen LogP contribution in [-0.4, -0.2) is 65.3 Å². The van der Waals surface area contributed by atoms with E-state index in [4.69, 9.17) is 14.4 Å². The van der Waals surface area contributed by atoms with E-state index in [0.717, 1.165) is 29.6 Å². The van der Waals surface area contributed by atoms with E-state index in [2.05, 4.69) is 17.0 Å². The van der Waals surface area contributed by atoms with Gasteiger partial charge in [-0.1, -0.05) is 6.07 Å². The molecule has 0 atom stereocenters. The van der Waals surface area contributed by atoms with Gasteiger partial charge in [-0.05, 0) is 54.4 Å². The molecule has 2 aromatic heterocycles. The first-order valence-electron chi connectivity index (χ1n) is 11.9. The predicted octanol–water partition coefficient (Wildman–Crippen LogP) is 4.57. The number of ether oxygens (including phenoxy) is 1. The summed E-state index contributed by atoms with van der Waals surface area (Å²) in [6, 6.07) is 11.4. The first-order chi connectivity index (χ1) is 17.9. The van der Waals surface area contributed by atoms with E-state index < -0.39 is 12.5 Å². The predicted molar refractivity (Wildman–Crippen MR) is 131 cm³/mol. The fourth-order valence-electron chi connectivity index (χ4n) is 5.16. The molecule has 8 nitrogen and oxygen atoms in total. The second-order valence-corrected chi connectivity index (χ2v) is 9.47. The number of carbonyl (C=O) groups is 1. The number of rotatable bonds is 6. The summed E-state index contributed by atoms with van der Waals surface area (Å²) in [7, 11) is 2.08. The van der Waals surface area contributed by atoms with Gasteiger partial charge >= 0.3 is 6.61 Å². The number of alkyl halides is 2. The lowest BCUT2D eigenvalue weighted by Gasteiger charge is -2.36. The number of halogens is 2. The lowest BCUT2D eigenvalue weighted by Crippen LogP contribution is -2.45. The Morgan fingerprint density at radius 3 is 2.81 bits per heavy atom. The number of aromatic nitrogens is 2. The van der Waals surface area contributed by atoms with E-state index in [1.807, 2.05) is 47.4 Å². The maximum atomic E-state index is 13.3. The van der Waals surface area contributed by atoms with Crippen molar-refractivity contribution in [3.8, 4) is 34.1 Å². The second-order valence-electron chi connectivity index (χ2n) is 9.47. The molecule has 0 saturated carbocycles. The van der Waals surface area contributed by atoms with Crippen LogP contribution >= 0.6 is 0 Å². The summed E-state index contributed by atoms with van der Waals surface area (Å²) in [6.07, 6.45) is 5.89. The molecule has 188 valence electrons. The SMILES string of the molecule is CN1CC(n2cc(-c3ccc4c(-c5cc6c(c(OC(F)F)c5)C(=O)N(CC#N)CC6)coc4c3)cn2)C1. The third-order valence-electron chi connectivity index (χ3n) is 7.05. The first-order valence-corrected chi connectivity index (χ1v) is 11.9. The van der Waals surface area contributed by atoms with Crippen molar-refractivity contribution in [2.45, 2.75) is 19.1 Å². The number of nitrogens with zero attached hydrogens (tertiary/aromatic N) is 5. The molecule has 2 aromatic carbocycles. The molecule has 0 bridgehead atoms. The Hall–Kier alpha value is -4.23. The normalized spacial score (nSPS) is 16.2. The minimum absolute atomic E-state index is 0.0790. The van der Waals surface area contributed by atoms with E-state index in [9.17, 15) is 13.6 Å². The minimum atomic E-state index is -3.09. The Labute approximate surface area is 211 Å². The fourth-order valence-corrected chi connectivity index (χ4v) is 5.16. The van der Waals surface area contributed by atoms with Gasteiger partial charge in [0.25, 0.3) is 5.91 Å². The van der Waals surface area contributed by atoms with Crippen molar-refractivity contribution >= 4 is 16.9 Å². The van der Waals surface area contributed by atoms with Crippen LogP contribution in [0.2, 0.25) is 0 Å². The van der Waals surface area contributed by atoms with Gasteiger partial charge in [0.05, 0.1) is 30.1 Å². The monoisotopic (exact) mass is 503 g/mol. The van der Waals surface area contributed by atoms with Crippen molar-refractivity contribution in [2.75, 3.05) is 33.2 Å². The van der Waals surface area contributed by atoms with Gasteiger partial charge in [-0.3, -0.25) is 9.48 Å². The highest BCUT2D eigenvalue weighted by molar-refractivity contribution is 6.02. The van der Waals surface area contributed by atoms with E-state index in [1.54, 1.807) is 6.26 Å². The summed E-state index contributed by atoms with van der Waals surface area (Å²) in [6.45, 7) is -0.927. The molecule has 0 spiro atoms. The van der Waals surface area contributed by atoms with Crippen LogP contribution in [0.5, 0.6) is 5.75 Å². The van der Waals surface area contributed by atoms with E-state index in [-0.39, 0.29) is 17.9 Å².